The number of para-hydroxylation sites is 1. The number of hydrogen-bond acceptors (Lipinski definition) is 3. The van der Waals surface area contributed by atoms with E-state index in [1.54, 1.807) is 6.07 Å². The molecule has 0 saturated carbocycles. The van der Waals surface area contributed by atoms with Crippen molar-refractivity contribution in [1.82, 2.24) is 0 Å². The number of ether oxygens (including phenoxy) is 1. The Kier molecular flexibility index (Phi) is 6.34. The van der Waals surface area contributed by atoms with Crippen LogP contribution in [0.15, 0.2) is 72.8 Å². The third-order valence-electron chi connectivity index (χ3n) is 4.08. The van der Waals surface area contributed by atoms with Gasteiger partial charge in [-0.15, -0.1) is 0 Å². The highest BCUT2D eigenvalue weighted by Crippen LogP contribution is 2.28. The SMILES string of the molecule is C[C@H](OC(=O)c1ccc(Cl)c(Cl)c1)C(=O)Nc1ccccc1-c1ccccc1. The maximum absolute atomic E-state index is 12.5. The number of carbonyl (C=O) groups is 2. The molecule has 1 amide bonds. The van der Waals surface area contributed by atoms with Crippen LogP contribution in [-0.4, -0.2) is 18.0 Å². The molecule has 0 aliphatic heterocycles. The fraction of sp³-hybridized carbons (Fsp3) is 0.0909. The molecule has 1 N–H and O–H groups in total. The van der Waals surface area contributed by atoms with Crippen molar-refractivity contribution in [3.8, 4) is 11.1 Å². The third-order valence-corrected chi connectivity index (χ3v) is 4.82. The second-order valence-corrected chi connectivity index (χ2v) is 6.89. The molecule has 6 heteroatoms. The van der Waals surface area contributed by atoms with Crippen LogP contribution in [0.25, 0.3) is 11.1 Å². The first kappa shape index (κ1) is 19.9. The second kappa shape index (κ2) is 8.91. The summed E-state index contributed by atoms with van der Waals surface area (Å²) in [5.74, 6) is -1.09. The Morgan fingerprint density at radius 3 is 2.29 bits per heavy atom. The van der Waals surface area contributed by atoms with Crippen molar-refractivity contribution in [3.63, 3.8) is 0 Å². The van der Waals surface area contributed by atoms with E-state index in [1.165, 1.54) is 25.1 Å². The number of halogens is 2. The average Bonchev–Trinajstić information content (AvgIpc) is 2.71. The molecule has 3 aromatic carbocycles. The molecular weight excluding hydrogens is 397 g/mol. The predicted molar refractivity (Wildman–Crippen MR) is 112 cm³/mol. The topological polar surface area (TPSA) is 55.4 Å². The lowest BCUT2D eigenvalue weighted by Gasteiger charge is -2.16. The second-order valence-electron chi connectivity index (χ2n) is 6.08. The molecule has 0 aliphatic rings. The standard InChI is InChI=1S/C22H17Cl2NO3/c1-14(28-22(27)16-11-12-18(23)19(24)13-16)21(26)25-20-10-6-5-9-17(20)15-7-3-2-4-8-15/h2-14H,1H3,(H,25,26)/t14-/m0/s1. The monoisotopic (exact) mass is 413 g/mol. The van der Waals surface area contributed by atoms with Crippen molar-refractivity contribution in [2.75, 3.05) is 5.32 Å². The van der Waals surface area contributed by atoms with Crippen LogP contribution < -0.4 is 5.32 Å². The summed E-state index contributed by atoms with van der Waals surface area (Å²) in [4.78, 5) is 24.8. The average molecular weight is 414 g/mol. The highest BCUT2D eigenvalue weighted by molar-refractivity contribution is 6.42. The number of nitrogens with one attached hydrogen (secondary N) is 1. The maximum Gasteiger partial charge on any atom is 0.338 e. The van der Waals surface area contributed by atoms with Crippen LogP contribution >= 0.6 is 23.2 Å². The number of carbonyl (C=O) groups excluding carboxylic acids is 2. The van der Waals surface area contributed by atoms with E-state index in [0.717, 1.165) is 11.1 Å². The Labute approximate surface area is 173 Å². The molecule has 4 nitrogen and oxygen atoms in total. The molecular formula is C22H17Cl2NO3. The molecule has 0 aromatic heterocycles. The van der Waals surface area contributed by atoms with E-state index in [-0.39, 0.29) is 10.6 Å². The normalized spacial score (nSPS) is 11.5. The van der Waals surface area contributed by atoms with Crippen LogP contribution in [0.2, 0.25) is 10.0 Å². The Bertz CT molecular complexity index is 1010. The lowest BCUT2D eigenvalue weighted by atomic mass is 10.0. The predicted octanol–water partition coefficient (Wildman–Crippen LogP) is 5.84. The van der Waals surface area contributed by atoms with E-state index in [0.29, 0.717) is 10.7 Å². The smallest absolute Gasteiger partial charge is 0.338 e. The Morgan fingerprint density at radius 2 is 1.57 bits per heavy atom. The van der Waals surface area contributed by atoms with Gasteiger partial charge in [0.25, 0.3) is 5.91 Å². The van der Waals surface area contributed by atoms with E-state index in [2.05, 4.69) is 5.32 Å². The summed E-state index contributed by atoms with van der Waals surface area (Å²) in [6.45, 7) is 1.51. The van der Waals surface area contributed by atoms with E-state index in [4.69, 9.17) is 27.9 Å². The zero-order valence-electron chi connectivity index (χ0n) is 15.0. The number of rotatable bonds is 5. The van der Waals surface area contributed by atoms with Crippen LogP contribution in [0, 0.1) is 0 Å². The number of benzene rings is 3. The highest BCUT2D eigenvalue weighted by atomic mass is 35.5. The molecule has 28 heavy (non-hydrogen) atoms. The molecule has 1 atom stereocenters. The summed E-state index contributed by atoms with van der Waals surface area (Å²) in [5.41, 5.74) is 2.70. The van der Waals surface area contributed by atoms with Gasteiger partial charge in [0, 0.05) is 11.3 Å². The van der Waals surface area contributed by atoms with Crippen LogP contribution in [0.1, 0.15) is 17.3 Å². The molecule has 0 aliphatic carbocycles. The molecule has 0 unspecified atom stereocenters. The van der Waals surface area contributed by atoms with Crippen molar-refractivity contribution >= 4 is 40.8 Å². The molecule has 142 valence electrons. The summed E-state index contributed by atoms with van der Waals surface area (Å²) in [6, 6.07) is 21.5. The quantitative estimate of drug-likeness (QED) is 0.534. The fourth-order valence-corrected chi connectivity index (χ4v) is 2.90. The van der Waals surface area contributed by atoms with Gasteiger partial charge in [0.05, 0.1) is 15.6 Å². The number of anilines is 1. The Morgan fingerprint density at radius 1 is 0.893 bits per heavy atom. The van der Waals surface area contributed by atoms with Gasteiger partial charge in [-0.3, -0.25) is 4.79 Å². The zero-order valence-corrected chi connectivity index (χ0v) is 16.5. The van der Waals surface area contributed by atoms with Gasteiger partial charge < -0.3 is 10.1 Å². The highest BCUT2D eigenvalue weighted by Gasteiger charge is 2.20. The summed E-state index contributed by atoms with van der Waals surface area (Å²) < 4.78 is 5.26. The third kappa shape index (κ3) is 4.71. The molecule has 0 spiro atoms. The lowest BCUT2D eigenvalue weighted by Crippen LogP contribution is -2.30. The van der Waals surface area contributed by atoms with Crippen LogP contribution in [0.4, 0.5) is 5.69 Å². The summed E-state index contributed by atoms with van der Waals surface area (Å²) in [7, 11) is 0. The van der Waals surface area contributed by atoms with Crippen LogP contribution in [-0.2, 0) is 9.53 Å². The van der Waals surface area contributed by atoms with Gasteiger partial charge in [-0.25, -0.2) is 4.79 Å². The minimum Gasteiger partial charge on any atom is -0.449 e. The van der Waals surface area contributed by atoms with Crippen molar-refractivity contribution in [2.24, 2.45) is 0 Å². The molecule has 0 bridgehead atoms. The van der Waals surface area contributed by atoms with Crippen molar-refractivity contribution in [3.05, 3.63) is 88.4 Å². The van der Waals surface area contributed by atoms with Gasteiger partial charge in [0.2, 0.25) is 0 Å². The van der Waals surface area contributed by atoms with Gasteiger partial charge in [0.1, 0.15) is 0 Å². The number of amides is 1. The van der Waals surface area contributed by atoms with Crippen molar-refractivity contribution < 1.29 is 14.3 Å². The van der Waals surface area contributed by atoms with Gasteiger partial charge in [-0.1, -0.05) is 71.7 Å². The summed E-state index contributed by atoms with van der Waals surface area (Å²) in [6.07, 6.45) is -0.995. The molecule has 0 fully saturated rings. The van der Waals surface area contributed by atoms with Gasteiger partial charge in [-0.05, 0) is 36.8 Å². The van der Waals surface area contributed by atoms with E-state index >= 15 is 0 Å². The first-order valence-corrected chi connectivity index (χ1v) is 9.32. The first-order valence-electron chi connectivity index (χ1n) is 8.57. The number of hydrogen-bond donors (Lipinski definition) is 1. The Balaban J connectivity index is 1.71. The number of esters is 1. The first-order chi connectivity index (χ1) is 13.5. The van der Waals surface area contributed by atoms with E-state index < -0.39 is 18.0 Å². The minimum absolute atomic E-state index is 0.221. The minimum atomic E-state index is -0.995. The van der Waals surface area contributed by atoms with Gasteiger partial charge >= 0.3 is 5.97 Å². The van der Waals surface area contributed by atoms with Gasteiger partial charge in [0.15, 0.2) is 6.10 Å². The van der Waals surface area contributed by atoms with Crippen LogP contribution in [0.5, 0.6) is 0 Å². The lowest BCUT2D eigenvalue weighted by molar-refractivity contribution is -0.123. The maximum atomic E-state index is 12.5. The van der Waals surface area contributed by atoms with E-state index in [9.17, 15) is 9.59 Å². The van der Waals surface area contributed by atoms with Gasteiger partial charge in [-0.2, -0.15) is 0 Å². The summed E-state index contributed by atoms with van der Waals surface area (Å²) >= 11 is 11.8. The van der Waals surface area contributed by atoms with Crippen molar-refractivity contribution in [1.29, 1.82) is 0 Å². The summed E-state index contributed by atoms with van der Waals surface area (Å²) in [5, 5.41) is 3.40. The molecule has 3 aromatic rings. The molecule has 0 radical (unpaired) electrons. The molecule has 0 saturated heterocycles. The zero-order chi connectivity index (χ0) is 20.1. The van der Waals surface area contributed by atoms with E-state index in [1.807, 2.05) is 48.5 Å². The fourth-order valence-electron chi connectivity index (χ4n) is 2.60. The Hall–Kier alpha value is -2.82. The van der Waals surface area contributed by atoms with Crippen LogP contribution in [0.3, 0.4) is 0 Å². The molecule has 3 rings (SSSR count). The molecule has 0 heterocycles. The van der Waals surface area contributed by atoms with Crippen molar-refractivity contribution in [2.45, 2.75) is 13.0 Å². The largest absolute Gasteiger partial charge is 0.449 e.